The van der Waals surface area contributed by atoms with Crippen LogP contribution >= 0.6 is 0 Å². The molecule has 0 atom stereocenters. The molecule has 4 nitrogen and oxygen atoms in total. The SMILES string of the molecule is Cc1cnc(-c2ncc(C3CC3)[nH]2)cn1. The molecule has 4 heteroatoms. The Bertz CT molecular complexity index is 468. The summed E-state index contributed by atoms with van der Waals surface area (Å²) in [5.74, 6) is 1.52. The maximum Gasteiger partial charge on any atom is 0.157 e. The van der Waals surface area contributed by atoms with Gasteiger partial charge in [-0.05, 0) is 19.8 Å². The second-order valence-corrected chi connectivity index (χ2v) is 4.00. The smallest absolute Gasteiger partial charge is 0.157 e. The molecule has 1 aliphatic rings. The first-order chi connectivity index (χ1) is 7.33. The van der Waals surface area contributed by atoms with Gasteiger partial charge in [0.15, 0.2) is 5.82 Å². The molecule has 0 saturated heterocycles. The van der Waals surface area contributed by atoms with E-state index in [2.05, 4.69) is 19.9 Å². The number of hydrogen-bond donors (Lipinski definition) is 1. The molecule has 1 N–H and O–H groups in total. The van der Waals surface area contributed by atoms with Crippen LogP contribution in [0.3, 0.4) is 0 Å². The van der Waals surface area contributed by atoms with Gasteiger partial charge in [0.1, 0.15) is 5.69 Å². The highest BCUT2D eigenvalue weighted by Gasteiger charge is 2.25. The molecule has 15 heavy (non-hydrogen) atoms. The van der Waals surface area contributed by atoms with Crippen LogP contribution in [0.1, 0.15) is 30.1 Å². The predicted octanol–water partition coefficient (Wildman–Crippen LogP) is 2.05. The van der Waals surface area contributed by atoms with E-state index in [0.717, 1.165) is 17.2 Å². The first kappa shape index (κ1) is 8.59. The Morgan fingerprint density at radius 3 is 2.67 bits per heavy atom. The Labute approximate surface area is 87.8 Å². The standard InChI is InChI=1S/C11H12N4/c1-7-4-13-10(6-12-7)11-14-5-9(15-11)8-2-3-8/h4-6,8H,2-3H2,1H3,(H,14,15). The van der Waals surface area contributed by atoms with Crippen LogP contribution in [0, 0.1) is 6.92 Å². The molecule has 0 amide bonds. The summed E-state index contributed by atoms with van der Waals surface area (Å²) in [4.78, 5) is 16.1. The van der Waals surface area contributed by atoms with E-state index in [-0.39, 0.29) is 0 Å². The number of imidazole rings is 1. The molecule has 3 rings (SSSR count). The quantitative estimate of drug-likeness (QED) is 0.807. The highest BCUT2D eigenvalue weighted by atomic mass is 15.0. The van der Waals surface area contributed by atoms with Gasteiger partial charge in [0.25, 0.3) is 0 Å². The van der Waals surface area contributed by atoms with Crippen LogP contribution in [0.15, 0.2) is 18.6 Å². The van der Waals surface area contributed by atoms with E-state index in [4.69, 9.17) is 0 Å². The molecule has 0 aromatic carbocycles. The van der Waals surface area contributed by atoms with Gasteiger partial charge in [-0.3, -0.25) is 4.98 Å². The van der Waals surface area contributed by atoms with E-state index >= 15 is 0 Å². The number of H-pyrrole nitrogens is 1. The van der Waals surface area contributed by atoms with E-state index in [1.807, 2.05) is 13.1 Å². The van der Waals surface area contributed by atoms with Crippen molar-refractivity contribution in [2.45, 2.75) is 25.7 Å². The number of rotatable bonds is 2. The summed E-state index contributed by atoms with van der Waals surface area (Å²) in [7, 11) is 0. The lowest BCUT2D eigenvalue weighted by Crippen LogP contribution is -1.89. The number of aromatic nitrogens is 4. The molecular weight excluding hydrogens is 188 g/mol. The Hall–Kier alpha value is -1.71. The van der Waals surface area contributed by atoms with Gasteiger partial charge in [-0.15, -0.1) is 0 Å². The van der Waals surface area contributed by atoms with Crippen molar-refractivity contribution in [2.24, 2.45) is 0 Å². The maximum atomic E-state index is 4.32. The molecule has 0 spiro atoms. The molecule has 0 unspecified atom stereocenters. The zero-order valence-electron chi connectivity index (χ0n) is 8.57. The van der Waals surface area contributed by atoms with Gasteiger partial charge >= 0.3 is 0 Å². The highest BCUT2D eigenvalue weighted by Crippen LogP contribution is 2.39. The normalized spacial score (nSPS) is 15.5. The number of nitrogens with zero attached hydrogens (tertiary/aromatic N) is 3. The van der Waals surface area contributed by atoms with Gasteiger partial charge < -0.3 is 4.98 Å². The molecule has 0 bridgehead atoms. The van der Waals surface area contributed by atoms with E-state index in [0.29, 0.717) is 5.92 Å². The first-order valence-electron chi connectivity index (χ1n) is 5.17. The number of nitrogens with one attached hydrogen (secondary N) is 1. The second kappa shape index (κ2) is 3.15. The Kier molecular flexibility index (Phi) is 1.80. The van der Waals surface area contributed by atoms with Crippen molar-refractivity contribution in [1.82, 2.24) is 19.9 Å². The summed E-state index contributed by atoms with van der Waals surface area (Å²) in [6.45, 7) is 1.93. The van der Waals surface area contributed by atoms with Gasteiger partial charge in [0.2, 0.25) is 0 Å². The zero-order chi connectivity index (χ0) is 10.3. The minimum Gasteiger partial charge on any atom is -0.340 e. The summed E-state index contributed by atoms with van der Waals surface area (Å²) in [5, 5.41) is 0. The lowest BCUT2D eigenvalue weighted by molar-refractivity contribution is 1.04. The molecule has 1 saturated carbocycles. The predicted molar refractivity (Wildman–Crippen MR) is 56.3 cm³/mol. The molecule has 76 valence electrons. The van der Waals surface area contributed by atoms with E-state index in [1.165, 1.54) is 18.5 Å². The summed E-state index contributed by atoms with van der Waals surface area (Å²) >= 11 is 0. The average molecular weight is 200 g/mol. The third-order valence-corrected chi connectivity index (χ3v) is 2.64. The minimum absolute atomic E-state index is 0.699. The third-order valence-electron chi connectivity index (χ3n) is 2.64. The molecule has 0 radical (unpaired) electrons. The van der Waals surface area contributed by atoms with Gasteiger partial charge in [-0.1, -0.05) is 0 Å². The van der Waals surface area contributed by atoms with Crippen molar-refractivity contribution in [3.8, 4) is 11.5 Å². The molecule has 0 aliphatic heterocycles. The molecule has 1 aliphatic carbocycles. The molecule has 2 aromatic rings. The lowest BCUT2D eigenvalue weighted by Gasteiger charge is -1.95. The minimum atomic E-state index is 0.699. The van der Waals surface area contributed by atoms with E-state index in [1.54, 1.807) is 12.4 Å². The van der Waals surface area contributed by atoms with Crippen LogP contribution in [0.4, 0.5) is 0 Å². The number of hydrogen-bond acceptors (Lipinski definition) is 3. The van der Waals surface area contributed by atoms with Crippen LogP contribution in [0.25, 0.3) is 11.5 Å². The van der Waals surface area contributed by atoms with Crippen molar-refractivity contribution in [2.75, 3.05) is 0 Å². The van der Waals surface area contributed by atoms with Crippen LogP contribution < -0.4 is 0 Å². The Balaban J connectivity index is 1.93. The van der Waals surface area contributed by atoms with Crippen LogP contribution in [0.2, 0.25) is 0 Å². The monoisotopic (exact) mass is 200 g/mol. The van der Waals surface area contributed by atoms with E-state index < -0.39 is 0 Å². The second-order valence-electron chi connectivity index (χ2n) is 4.00. The fraction of sp³-hybridized carbons (Fsp3) is 0.364. The van der Waals surface area contributed by atoms with Crippen molar-refractivity contribution in [3.05, 3.63) is 30.0 Å². The van der Waals surface area contributed by atoms with E-state index in [9.17, 15) is 0 Å². The summed E-state index contributed by atoms with van der Waals surface area (Å²) in [6.07, 6.45) is 7.98. The fourth-order valence-corrected chi connectivity index (χ4v) is 1.58. The van der Waals surface area contributed by atoms with Gasteiger partial charge in [0, 0.05) is 24.0 Å². The van der Waals surface area contributed by atoms with Crippen LogP contribution in [-0.2, 0) is 0 Å². The summed E-state index contributed by atoms with van der Waals surface area (Å²) in [5.41, 5.74) is 2.97. The molecular formula is C11H12N4. The lowest BCUT2D eigenvalue weighted by atomic mass is 10.3. The average Bonchev–Trinajstić information content (AvgIpc) is 2.99. The van der Waals surface area contributed by atoms with Crippen molar-refractivity contribution in [3.63, 3.8) is 0 Å². The first-order valence-corrected chi connectivity index (χ1v) is 5.17. The molecule has 2 heterocycles. The largest absolute Gasteiger partial charge is 0.340 e. The summed E-state index contributed by atoms with van der Waals surface area (Å²) in [6, 6.07) is 0. The Morgan fingerprint density at radius 1 is 1.13 bits per heavy atom. The summed E-state index contributed by atoms with van der Waals surface area (Å²) < 4.78 is 0. The number of aromatic amines is 1. The zero-order valence-corrected chi connectivity index (χ0v) is 8.57. The van der Waals surface area contributed by atoms with Gasteiger partial charge in [0.05, 0.1) is 11.9 Å². The van der Waals surface area contributed by atoms with Crippen molar-refractivity contribution >= 4 is 0 Å². The highest BCUT2D eigenvalue weighted by molar-refractivity contribution is 5.47. The van der Waals surface area contributed by atoms with Crippen LogP contribution in [-0.4, -0.2) is 19.9 Å². The van der Waals surface area contributed by atoms with Gasteiger partial charge in [-0.2, -0.15) is 0 Å². The molecule has 2 aromatic heterocycles. The van der Waals surface area contributed by atoms with Crippen molar-refractivity contribution < 1.29 is 0 Å². The topological polar surface area (TPSA) is 54.5 Å². The fourth-order valence-electron chi connectivity index (χ4n) is 1.58. The van der Waals surface area contributed by atoms with Crippen molar-refractivity contribution in [1.29, 1.82) is 0 Å². The van der Waals surface area contributed by atoms with Gasteiger partial charge in [-0.25, -0.2) is 9.97 Å². The van der Waals surface area contributed by atoms with Crippen LogP contribution in [0.5, 0.6) is 0 Å². The molecule has 1 fully saturated rings. The Morgan fingerprint density at radius 2 is 2.00 bits per heavy atom. The number of aryl methyl sites for hydroxylation is 1. The third kappa shape index (κ3) is 1.63. The maximum absolute atomic E-state index is 4.32.